The Morgan fingerprint density at radius 1 is 1.16 bits per heavy atom. The highest BCUT2D eigenvalue weighted by Crippen LogP contribution is 2.30. The van der Waals surface area contributed by atoms with Crippen LogP contribution in [-0.4, -0.2) is 26.8 Å². The zero-order valence-electron chi connectivity index (χ0n) is 9.08. The van der Waals surface area contributed by atoms with Crippen LogP contribution in [0.4, 0.5) is 0 Å². The van der Waals surface area contributed by atoms with Crippen LogP contribution in [0.3, 0.4) is 0 Å². The smallest absolute Gasteiger partial charge is 0.354 e. The van der Waals surface area contributed by atoms with E-state index in [2.05, 4.69) is 9.97 Å². The Bertz CT molecular complexity index is 659. The number of ketones is 1. The molecule has 0 spiro atoms. The normalized spacial score (nSPS) is 10.5. The van der Waals surface area contributed by atoms with E-state index in [0.717, 1.165) is 6.33 Å². The van der Waals surface area contributed by atoms with Gasteiger partial charge in [-0.2, -0.15) is 0 Å². The third kappa shape index (κ3) is 2.58. The van der Waals surface area contributed by atoms with Crippen LogP contribution < -0.4 is 0 Å². The maximum Gasteiger partial charge on any atom is 0.354 e. The number of carboxylic acids is 1. The number of aromatic amines is 1. The van der Waals surface area contributed by atoms with Crippen molar-refractivity contribution in [1.29, 1.82) is 0 Å². The van der Waals surface area contributed by atoms with Crippen molar-refractivity contribution in [3.8, 4) is 0 Å². The molecule has 0 fully saturated rings. The molecule has 0 radical (unpaired) electrons. The number of nitrogens with zero attached hydrogens (tertiary/aromatic N) is 1. The van der Waals surface area contributed by atoms with Crippen LogP contribution in [0.15, 0.2) is 18.5 Å². The van der Waals surface area contributed by atoms with Gasteiger partial charge in [-0.1, -0.05) is 34.8 Å². The van der Waals surface area contributed by atoms with Crippen molar-refractivity contribution in [3.63, 3.8) is 0 Å². The first-order valence-electron chi connectivity index (χ1n) is 4.87. The third-order valence-electron chi connectivity index (χ3n) is 2.30. The zero-order valence-corrected chi connectivity index (χ0v) is 11.3. The average Bonchev–Trinajstić information content (AvgIpc) is 2.75. The number of carbonyl (C=O) groups excluding carboxylic acids is 1. The molecule has 8 heteroatoms. The molecule has 0 saturated heterocycles. The van der Waals surface area contributed by atoms with Crippen LogP contribution in [0.25, 0.3) is 0 Å². The number of carbonyl (C=O) groups is 2. The van der Waals surface area contributed by atoms with E-state index in [-0.39, 0.29) is 32.0 Å². The first-order valence-corrected chi connectivity index (χ1v) is 6.01. The first-order chi connectivity index (χ1) is 8.91. The predicted molar refractivity (Wildman–Crippen MR) is 70.5 cm³/mol. The molecule has 19 heavy (non-hydrogen) atoms. The van der Waals surface area contributed by atoms with E-state index in [1.54, 1.807) is 0 Å². The number of imidazole rings is 1. The molecule has 5 nitrogen and oxygen atoms in total. The van der Waals surface area contributed by atoms with Crippen molar-refractivity contribution >= 4 is 46.6 Å². The van der Waals surface area contributed by atoms with Crippen molar-refractivity contribution in [1.82, 2.24) is 9.97 Å². The van der Waals surface area contributed by atoms with E-state index in [4.69, 9.17) is 39.9 Å². The molecule has 2 rings (SSSR count). The highest BCUT2D eigenvalue weighted by molar-refractivity contribution is 6.43. The number of nitrogens with one attached hydrogen (secondary N) is 1. The number of benzene rings is 1. The summed E-state index contributed by atoms with van der Waals surface area (Å²) in [6.07, 6.45) is 1.11. The minimum absolute atomic E-state index is 0.0295. The molecule has 0 aliphatic rings. The summed E-state index contributed by atoms with van der Waals surface area (Å²) in [5.41, 5.74) is -0.631. The van der Waals surface area contributed by atoms with Gasteiger partial charge in [0.1, 0.15) is 5.69 Å². The Kier molecular flexibility index (Phi) is 3.80. The fourth-order valence-corrected chi connectivity index (χ4v) is 2.50. The van der Waals surface area contributed by atoms with Crippen molar-refractivity contribution < 1.29 is 14.7 Å². The number of aromatic carboxylic acids is 1. The second-order valence-corrected chi connectivity index (χ2v) is 4.76. The molecule has 98 valence electrons. The Morgan fingerprint density at radius 3 is 2.26 bits per heavy atom. The summed E-state index contributed by atoms with van der Waals surface area (Å²) in [4.78, 5) is 29.2. The minimum Gasteiger partial charge on any atom is -0.477 e. The van der Waals surface area contributed by atoms with Gasteiger partial charge < -0.3 is 10.1 Å². The summed E-state index contributed by atoms with van der Waals surface area (Å²) >= 11 is 17.5. The summed E-state index contributed by atoms with van der Waals surface area (Å²) in [6.45, 7) is 0. The molecule has 0 unspecified atom stereocenters. The number of carboxylic acid groups (broad SMARTS) is 1. The molecule has 0 atom stereocenters. The molecular weight excluding hydrogens is 314 g/mol. The molecule has 2 N–H and O–H groups in total. The van der Waals surface area contributed by atoms with Crippen molar-refractivity contribution in [3.05, 3.63) is 50.5 Å². The largest absolute Gasteiger partial charge is 0.477 e. The lowest BCUT2D eigenvalue weighted by molar-refractivity contribution is 0.0687. The lowest BCUT2D eigenvalue weighted by Gasteiger charge is -2.05. The van der Waals surface area contributed by atoms with Crippen LogP contribution >= 0.6 is 34.8 Å². The van der Waals surface area contributed by atoms with E-state index in [1.807, 2.05) is 0 Å². The highest BCUT2D eigenvalue weighted by atomic mass is 35.5. The summed E-state index contributed by atoms with van der Waals surface area (Å²) in [5.74, 6) is -1.99. The number of hydrogen-bond donors (Lipinski definition) is 2. The van der Waals surface area contributed by atoms with Gasteiger partial charge >= 0.3 is 5.97 Å². The molecule has 1 aromatic heterocycles. The second-order valence-electron chi connectivity index (χ2n) is 3.50. The average molecular weight is 320 g/mol. The van der Waals surface area contributed by atoms with Gasteiger partial charge in [0.15, 0.2) is 5.69 Å². The van der Waals surface area contributed by atoms with Crippen molar-refractivity contribution in [2.75, 3.05) is 0 Å². The van der Waals surface area contributed by atoms with Crippen LogP contribution in [0.5, 0.6) is 0 Å². The third-order valence-corrected chi connectivity index (χ3v) is 3.12. The summed E-state index contributed by atoms with van der Waals surface area (Å²) in [6, 6.07) is 2.69. The van der Waals surface area contributed by atoms with Gasteiger partial charge in [-0.05, 0) is 12.1 Å². The Hall–Kier alpha value is -1.56. The monoisotopic (exact) mass is 318 g/mol. The van der Waals surface area contributed by atoms with Crippen LogP contribution in [0, 0.1) is 0 Å². The SMILES string of the molecule is O=C(O)c1[nH]cnc1C(=O)c1c(Cl)cc(Cl)cc1Cl. The van der Waals surface area contributed by atoms with Crippen molar-refractivity contribution in [2.45, 2.75) is 0 Å². The maximum atomic E-state index is 12.2. The maximum absolute atomic E-state index is 12.2. The van der Waals surface area contributed by atoms with Gasteiger partial charge in [-0.3, -0.25) is 4.79 Å². The quantitative estimate of drug-likeness (QED) is 0.850. The molecule has 0 aliphatic heterocycles. The number of rotatable bonds is 3. The fraction of sp³-hybridized carbons (Fsp3) is 0. The lowest BCUT2D eigenvalue weighted by atomic mass is 10.1. The molecule has 0 saturated carbocycles. The van der Waals surface area contributed by atoms with E-state index in [1.165, 1.54) is 12.1 Å². The second kappa shape index (κ2) is 5.21. The highest BCUT2D eigenvalue weighted by Gasteiger charge is 2.25. The number of aromatic nitrogens is 2. The molecule has 2 aromatic rings. The first kappa shape index (κ1) is 13.9. The van der Waals surface area contributed by atoms with Gasteiger partial charge in [0.2, 0.25) is 5.78 Å². The zero-order chi connectivity index (χ0) is 14.2. The van der Waals surface area contributed by atoms with Crippen molar-refractivity contribution in [2.24, 2.45) is 0 Å². The summed E-state index contributed by atoms with van der Waals surface area (Å²) in [5, 5.41) is 9.25. The van der Waals surface area contributed by atoms with Gasteiger partial charge in [-0.25, -0.2) is 9.78 Å². The fourth-order valence-electron chi connectivity index (χ4n) is 1.51. The molecule has 0 aliphatic carbocycles. The van der Waals surface area contributed by atoms with E-state index in [9.17, 15) is 9.59 Å². The standard InChI is InChI=1S/C11H5Cl3N2O3/c12-4-1-5(13)7(6(14)2-4)10(17)8-9(11(18)19)16-3-15-8/h1-3H,(H,15,16)(H,18,19). The lowest BCUT2D eigenvalue weighted by Crippen LogP contribution is -2.10. The molecule has 0 bridgehead atoms. The number of H-pyrrole nitrogens is 1. The van der Waals surface area contributed by atoms with Crippen LogP contribution in [0.2, 0.25) is 15.1 Å². The van der Waals surface area contributed by atoms with Gasteiger partial charge in [-0.15, -0.1) is 0 Å². The molecule has 1 heterocycles. The topological polar surface area (TPSA) is 83.0 Å². The molecule has 1 aromatic carbocycles. The van der Waals surface area contributed by atoms with Gasteiger partial charge in [0, 0.05) is 5.02 Å². The van der Waals surface area contributed by atoms with E-state index in [0.29, 0.717) is 0 Å². The van der Waals surface area contributed by atoms with Gasteiger partial charge in [0.05, 0.1) is 21.9 Å². The minimum atomic E-state index is -1.30. The van der Waals surface area contributed by atoms with Gasteiger partial charge in [0.25, 0.3) is 0 Å². The Labute approximate surface area is 122 Å². The molecule has 0 amide bonds. The number of hydrogen-bond acceptors (Lipinski definition) is 3. The molecular formula is C11H5Cl3N2O3. The van der Waals surface area contributed by atoms with Crippen LogP contribution in [-0.2, 0) is 0 Å². The predicted octanol–water partition coefficient (Wildman–Crippen LogP) is 3.30. The van der Waals surface area contributed by atoms with E-state index >= 15 is 0 Å². The Balaban J connectivity index is 2.57. The van der Waals surface area contributed by atoms with Crippen LogP contribution in [0.1, 0.15) is 26.5 Å². The number of halogens is 3. The summed E-state index contributed by atoms with van der Waals surface area (Å²) in [7, 11) is 0. The summed E-state index contributed by atoms with van der Waals surface area (Å²) < 4.78 is 0. The van der Waals surface area contributed by atoms with E-state index < -0.39 is 11.8 Å². The Morgan fingerprint density at radius 2 is 1.74 bits per heavy atom.